The Kier molecular flexibility index (Phi) is 6.19. The van der Waals surface area contributed by atoms with Crippen LogP contribution in [0.2, 0.25) is 0 Å². The van der Waals surface area contributed by atoms with Gasteiger partial charge in [0.15, 0.2) is 0 Å². The fraction of sp³-hybridized carbons (Fsp3) is 0.318. The van der Waals surface area contributed by atoms with Crippen LogP contribution < -0.4 is 0 Å². The molecule has 6 heteroatoms. The summed E-state index contributed by atoms with van der Waals surface area (Å²) in [6.45, 7) is 2.69. The van der Waals surface area contributed by atoms with Gasteiger partial charge in [-0.05, 0) is 49.4 Å². The largest absolute Gasteiger partial charge is 0.341 e. The smallest absolute Gasteiger partial charge is 0.261 e. The number of fused-ring (bicyclic) bond motifs is 1. The summed E-state index contributed by atoms with van der Waals surface area (Å²) in [4.78, 5) is 41.4. The van der Waals surface area contributed by atoms with Gasteiger partial charge in [-0.2, -0.15) is 0 Å². The molecule has 28 heavy (non-hydrogen) atoms. The minimum atomic E-state index is -0.269. The van der Waals surface area contributed by atoms with Gasteiger partial charge in [0.25, 0.3) is 11.8 Å². The number of carbonyl (C=O) groups is 3. The molecule has 0 atom stereocenters. The molecule has 0 spiro atoms. The third-order valence-corrected chi connectivity index (χ3v) is 5.65. The van der Waals surface area contributed by atoms with E-state index in [1.54, 1.807) is 35.8 Å². The molecule has 0 radical (unpaired) electrons. The monoisotopic (exact) mass is 396 g/mol. The SMILES string of the molecule is CSc1ccc(CN(C)C(=O)CCCN2C(=O)c3ccc(C)cc3C2=O)cc1. The van der Waals surface area contributed by atoms with Crippen LogP contribution in [0.1, 0.15) is 44.7 Å². The molecule has 1 aliphatic rings. The van der Waals surface area contributed by atoms with Crippen molar-refractivity contribution in [2.45, 2.75) is 31.2 Å². The van der Waals surface area contributed by atoms with Crippen LogP contribution >= 0.6 is 11.8 Å². The van der Waals surface area contributed by atoms with Gasteiger partial charge in [-0.1, -0.05) is 23.8 Å². The summed E-state index contributed by atoms with van der Waals surface area (Å²) in [7, 11) is 1.77. The zero-order valence-corrected chi connectivity index (χ0v) is 17.2. The standard InChI is InChI=1S/C22H24N2O3S/c1-15-6-11-18-19(13-15)22(27)24(21(18)26)12-4-5-20(25)23(2)14-16-7-9-17(28-3)10-8-16/h6-11,13H,4-5,12,14H2,1-3H3. The first-order valence-corrected chi connectivity index (χ1v) is 10.5. The van der Waals surface area contributed by atoms with E-state index in [-0.39, 0.29) is 24.3 Å². The number of imide groups is 1. The van der Waals surface area contributed by atoms with Crippen LogP contribution in [0.5, 0.6) is 0 Å². The maximum Gasteiger partial charge on any atom is 0.261 e. The van der Waals surface area contributed by atoms with E-state index in [0.717, 1.165) is 11.1 Å². The number of nitrogens with zero attached hydrogens (tertiary/aromatic N) is 2. The van der Waals surface area contributed by atoms with Crippen molar-refractivity contribution in [1.82, 2.24) is 9.80 Å². The Morgan fingerprint density at radius 1 is 1.04 bits per heavy atom. The van der Waals surface area contributed by atoms with Crippen molar-refractivity contribution in [3.05, 3.63) is 64.7 Å². The highest BCUT2D eigenvalue weighted by Crippen LogP contribution is 2.24. The van der Waals surface area contributed by atoms with Gasteiger partial charge in [0, 0.05) is 31.5 Å². The minimum Gasteiger partial charge on any atom is -0.341 e. The second kappa shape index (κ2) is 8.61. The van der Waals surface area contributed by atoms with Gasteiger partial charge in [0.2, 0.25) is 5.91 Å². The lowest BCUT2D eigenvalue weighted by Gasteiger charge is -2.19. The van der Waals surface area contributed by atoms with Gasteiger partial charge in [-0.3, -0.25) is 19.3 Å². The Hall–Kier alpha value is -2.60. The van der Waals surface area contributed by atoms with Crippen LogP contribution in [0.25, 0.3) is 0 Å². The Labute approximate surface area is 169 Å². The zero-order chi connectivity index (χ0) is 20.3. The molecule has 2 aromatic rings. The highest BCUT2D eigenvalue weighted by atomic mass is 32.2. The van der Waals surface area contributed by atoms with Gasteiger partial charge in [-0.15, -0.1) is 11.8 Å². The normalized spacial score (nSPS) is 13.0. The fourth-order valence-corrected chi connectivity index (χ4v) is 3.69. The molecule has 1 aliphatic heterocycles. The summed E-state index contributed by atoms with van der Waals surface area (Å²) < 4.78 is 0. The van der Waals surface area contributed by atoms with Gasteiger partial charge in [0.1, 0.15) is 0 Å². The fourth-order valence-electron chi connectivity index (χ4n) is 3.28. The molecule has 0 fully saturated rings. The summed E-state index contributed by atoms with van der Waals surface area (Å²) in [5, 5.41) is 0. The van der Waals surface area contributed by atoms with Crippen molar-refractivity contribution < 1.29 is 14.4 Å². The molecule has 0 saturated carbocycles. The first-order valence-electron chi connectivity index (χ1n) is 9.24. The van der Waals surface area contributed by atoms with E-state index in [0.29, 0.717) is 30.5 Å². The predicted molar refractivity (Wildman–Crippen MR) is 110 cm³/mol. The van der Waals surface area contributed by atoms with E-state index in [2.05, 4.69) is 0 Å². The third-order valence-electron chi connectivity index (χ3n) is 4.90. The van der Waals surface area contributed by atoms with Crippen LogP contribution in [0, 0.1) is 6.92 Å². The van der Waals surface area contributed by atoms with Crippen LogP contribution in [-0.2, 0) is 11.3 Å². The first kappa shape index (κ1) is 20.1. The zero-order valence-electron chi connectivity index (χ0n) is 16.4. The minimum absolute atomic E-state index is 0.00129. The molecule has 0 N–H and O–H groups in total. The van der Waals surface area contributed by atoms with E-state index >= 15 is 0 Å². The van der Waals surface area contributed by atoms with Crippen molar-refractivity contribution in [3.8, 4) is 0 Å². The van der Waals surface area contributed by atoms with Gasteiger partial charge in [0.05, 0.1) is 11.1 Å². The lowest BCUT2D eigenvalue weighted by atomic mass is 10.1. The lowest BCUT2D eigenvalue weighted by Crippen LogP contribution is -2.32. The number of rotatable bonds is 7. The van der Waals surface area contributed by atoms with Crippen LogP contribution in [0.4, 0.5) is 0 Å². The first-order chi connectivity index (χ1) is 13.4. The molecule has 2 aromatic carbocycles. The Morgan fingerprint density at radius 2 is 1.71 bits per heavy atom. The molecule has 0 saturated heterocycles. The van der Waals surface area contributed by atoms with Crippen molar-refractivity contribution in [3.63, 3.8) is 0 Å². The van der Waals surface area contributed by atoms with E-state index < -0.39 is 0 Å². The molecule has 0 bridgehead atoms. The lowest BCUT2D eigenvalue weighted by molar-refractivity contribution is -0.130. The number of aryl methyl sites for hydroxylation is 1. The molecule has 3 amide bonds. The second-order valence-corrected chi connectivity index (χ2v) is 7.89. The van der Waals surface area contributed by atoms with Gasteiger partial charge in [-0.25, -0.2) is 0 Å². The predicted octanol–water partition coefficient (Wildman–Crippen LogP) is 3.75. The maximum absolute atomic E-state index is 12.5. The van der Waals surface area contributed by atoms with Crippen molar-refractivity contribution in [2.24, 2.45) is 0 Å². The summed E-state index contributed by atoms with van der Waals surface area (Å²) in [6.07, 6.45) is 2.78. The van der Waals surface area contributed by atoms with E-state index in [1.807, 2.05) is 43.5 Å². The Balaban J connectivity index is 1.51. The number of thioether (sulfide) groups is 1. The molecule has 0 aliphatic carbocycles. The van der Waals surface area contributed by atoms with Gasteiger partial charge >= 0.3 is 0 Å². The number of carbonyl (C=O) groups excluding carboxylic acids is 3. The average molecular weight is 397 g/mol. The van der Waals surface area contributed by atoms with E-state index in [4.69, 9.17) is 0 Å². The molecule has 146 valence electrons. The molecular weight excluding hydrogens is 372 g/mol. The molecular formula is C22H24N2O3S. The highest BCUT2D eigenvalue weighted by Gasteiger charge is 2.35. The van der Waals surface area contributed by atoms with Crippen molar-refractivity contribution in [1.29, 1.82) is 0 Å². The Morgan fingerprint density at radius 3 is 2.39 bits per heavy atom. The second-order valence-electron chi connectivity index (χ2n) is 7.01. The van der Waals surface area contributed by atoms with Crippen LogP contribution in [0.3, 0.4) is 0 Å². The highest BCUT2D eigenvalue weighted by molar-refractivity contribution is 7.98. The third kappa shape index (κ3) is 4.28. The van der Waals surface area contributed by atoms with E-state index in [1.165, 1.54) is 9.80 Å². The summed E-state index contributed by atoms with van der Waals surface area (Å²) in [6, 6.07) is 13.4. The van der Waals surface area contributed by atoms with Crippen molar-refractivity contribution >= 4 is 29.5 Å². The van der Waals surface area contributed by atoms with Gasteiger partial charge < -0.3 is 4.90 Å². The number of amides is 3. The number of benzene rings is 2. The molecule has 5 nitrogen and oxygen atoms in total. The molecule has 1 heterocycles. The van der Waals surface area contributed by atoms with Crippen LogP contribution in [0.15, 0.2) is 47.4 Å². The topological polar surface area (TPSA) is 57.7 Å². The summed E-state index contributed by atoms with van der Waals surface area (Å²) in [5.74, 6) is -0.533. The summed E-state index contributed by atoms with van der Waals surface area (Å²) in [5.41, 5.74) is 2.93. The Bertz CT molecular complexity index is 908. The average Bonchev–Trinajstić information content (AvgIpc) is 2.92. The maximum atomic E-state index is 12.5. The quantitative estimate of drug-likeness (QED) is 0.528. The number of hydrogen-bond donors (Lipinski definition) is 0. The molecule has 0 unspecified atom stereocenters. The molecule has 0 aromatic heterocycles. The van der Waals surface area contributed by atoms with Crippen LogP contribution in [-0.4, -0.2) is 47.4 Å². The van der Waals surface area contributed by atoms with Crippen molar-refractivity contribution in [2.75, 3.05) is 19.8 Å². The summed E-state index contributed by atoms with van der Waals surface area (Å²) >= 11 is 1.68. The van der Waals surface area contributed by atoms with E-state index in [9.17, 15) is 14.4 Å². The molecule has 3 rings (SSSR count). The number of hydrogen-bond acceptors (Lipinski definition) is 4.